The van der Waals surface area contributed by atoms with Gasteiger partial charge in [-0.05, 0) is 31.0 Å². The highest BCUT2D eigenvalue weighted by molar-refractivity contribution is 7.88. The second-order valence-electron chi connectivity index (χ2n) is 8.79. The van der Waals surface area contributed by atoms with E-state index in [0.717, 1.165) is 23.7 Å². The van der Waals surface area contributed by atoms with Crippen molar-refractivity contribution in [3.05, 3.63) is 34.7 Å². The molecule has 0 saturated carbocycles. The molecule has 1 aromatic heterocycles. The number of benzene rings is 1. The van der Waals surface area contributed by atoms with Crippen molar-refractivity contribution < 1.29 is 17.9 Å². The molecule has 2 atom stereocenters. The summed E-state index contributed by atoms with van der Waals surface area (Å²) in [7, 11) is -3.38. The Morgan fingerprint density at radius 3 is 2.72 bits per heavy atom. The van der Waals surface area contributed by atoms with E-state index in [9.17, 15) is 17.9 Å². The van der Waals surface area contributed by atoms with Crippen LogP contribution in [0.15, 0.2) is 23.3 Å². The first kappa shape index (κ1) is 23.0. The van der Waals surface area contributed by atoms with Gasteiger partial charge in [-0.1, -0.05) is 25.4 Å². The Kier molecular flexibility index (Phi) is 5.77. The predicted molar refractivity (Wildman–Crippen MR) is 123 cm³/mol. The van der Waals surface area contributed by atoms with Gasteiger partial charge in [0.25, 0.3) is 0 Å². The highest BCUT2D eigenvalue weighted by Gasteiger charge is 2.35. The van der Waals surface area contributed by atoms with E-state index in [1.54, 1.807) is 6.07 Å². The summed E-state index contributed by atoms with van der Waals surface area (Å²) in [4.78, 5) is 12.9. The van der Waals surface area contributed by atoms with Crippen LogP contribution < -0.4 is 5.32 Å². The Morgan fingerprint density at radius 1 is 1.34 bits per heavy atom. The number of aliphatic hydroxyl groups excluding tert-OH is 1. The fraction of sp³-hybridized carbons (Fsp3) is 0.476. The van der Waals surface area contributed by atoms with Gasteiger partial charge in [0.15, 0.2) is 5.82 Å². The van der Waals surface area contributed by atoms with Crippen LogP contribution >= 0.6 is 11.6 Å². The van der Waals surface area contributed by atoms with Crippen LogP contribution in [0.4, 0.5) is 16.0 Å². The minimum Gasteiger partial charge on any atom is -0.390 e. The summed E-state index contributed by atoms with van der Waals surface area (Å²) < 4.78 is 39.4. The molecule has 0 bridgehead atoms. The van der Waals surface area contributed by atoms with Gasteiger partial charge in [-0.25, -0.2) is 22.8 Å². The molecule has 8 nitrogen and oxygen atoms in total. The third-order valence-corrected chi connectivity index (χ3v) is 7.82. The Labute approximate surface area is 191 Å². The number of β-amino-alcohol motifs (C(OH)–C–C–N with tert-alkyl or cyclic N) is 1. The average molecular weight is 482 g/mol. The lowest BCUT2D eigenvalue weighted by atomic mass is 9.81. The summed E-state index contributed by atoms with van der Waals surface area (Å²) in [5.41, 5.74) is 2.75. The number of anilines is 1. The molecule has 0 spiro atoms. The smallest absolute Gasteiger partial charge is 0.223 e. The number of halogens is 2. The molecule has 0 radical (unpaired) electrons. The van der Waals surface area contributed by atoms with Gasteiger partial charge in [0.05, 0.1) is 35.3 Å². The van der Waals surface area contributed by atoms with Crippen LogP contribution in [0.2, 0.25) is 5.02 Å². The first-order chi connectivity index (χ1) is 14.9. The molecule has 0 amide bonds. The zero-order valence-corrected chi connectivity index (χ0v) is 19.8. The molecule has 0 aliphatic carbocycles. The zero-order valence-electron chi connectivity index (χ0n) is 18.2. The van der Waals surface area contributed by atoms with E-state index in [4.69, 9.17) is 11.6 Å². The number of aliphatic imine (C=N–C) groups is 1. The number of nitrogens with zero attached hydrogens (tertiary/aromatic N) is 4. The minimum absolute atomic E-state index is 0.0284. The first-order valence-corrected chi connectivity index (χ1v) is 12.4. The maximum absolute atomic E-state index is 14.7. The quantitative estimate of drug-likeness (QED) is 0.694. The number of rotatable bonds is 4. The Morgan fingerprint density at radius 2 is 2.06 bits per heavy atom. The number of hydrogen-bond acceptors (Lipinski definition) is 7. The van der Waals surface area contributed by atoms with E-state index in [2.05, 4.69) is 20.3 Å². The molecule has 1 saturated heterocycles. The van der Waals surface area contributed by atoms with Crippen molar-refractivity contribution in [1.29, 1.82) is 0 Å². The summed E-state index contributed by atoms with van der Waals surface area (Å²) in [6, 6.07) is 3.01. The van der Waals surface area contributed by atoms with Crippen LogP contribution in [0.1, 0.15) is 32.8 Å². The van der Waals surface area contributed by atoms with Crippen LogP contribution in [0.3, 0.4) is 0 Å². The van der Waals surface area contributed by atoms with E-state index in [0.29, 0.717) is 22.7 Å². The standard InChI is InChI=1S/C21H25ClFN5O3S/c1-11-21(2,3)13-7-12(8-14(22)19(13)25-11)18-15(23)9-24-20(27-18)26-16-5-6-28(10-17(16)29)32(4,30)31/h7-9,16-17,29H,5-6,10H2,1-4H3,(H,24,26,27)/t16-,17-/m1/s1. The van der Waals surface area contributed by atoms with Crippen molar-refractivity contribution in [3.8, 4) is 11.3 Å². The molecular weight excluding hydrogens is 457 g/mol. The summed E-state index contributed by atoms with van der Waals surface area (Å²) in [5, 5.41) is 13.8. The van der Waals surface area contributed by atoms with Crippen LogP contribution in [0.25, 0.3) is 11.3 Å². The van der Waals surface area contributed by atoms with Gasteiger partial charge in [0.2, 0.25) is 16.0 Å². The van der Waals surface area contributed by atoms with Crippen molar-refractivity contribution in [1.82, 2.24) is 14.3 Å². The lowest BCUT2D eigenvalue weighted by Gasteiger charge is -2.34. The first-order valence-electron chi connectivity index (χ1n) is 10.2. The molecule has 2 aliphatic rings. The lowest BCUT2D eigenvalue weighted by molar-refractivity contribution is 0.0950. The molecular formula is C21H25ClFN5O3S. The van der Waals surface area contributed by atoms with Gasteiger partial charge < -0.3 is 10.4 Å². The summed E-state index contributed by atoms with van der Waals surface area (Å²) in [5.74, 6) is -0.464. The Bertz CT molecular complexity index is 1220. The van der Waals surface area contributed by atoms with Crippen LogP contribution in [-0.2, 0) is 15.4 Å². The molecule has 2 aromatic rings. The summed E-state index contributed by atoms with van der Waals surface area (Å²) in [6.45, 7) is 6.23. The number of fused-ring (bicyclic) bond motifs is 1. The number of nitrogens with one attached hydrogen (secondary N) is 1. The Hall–Kier alpha value is -2.14. The third kappa shape index (κ3) is 4.12. The summed E-state index contributed by atoms with van der Waals surface area (Å²) >= 11 is 6.46. The summed E-state index contributed by atoms with van der Waals surface area (Å²) in [6.07, 6.45) is 1.58. The molecule has 0 unspecified atom stereocenters. The topological polar surface area (TPSA) is 108 Å². The molecule has 3 heterocycles. The molecule has 2 aliphatic heterocycles. The van der Waals surface area contributed by atoms with Gasteiger partial charge in [-0.3, -0.25) is 4.99 Å². The number of aliphatic hydroxyl groups is 1. The van der Waals surface area contributed by atoms with Gasteiger partial charge in [0.1, 0.15) is 5.69 Å². The fourth-order valence-electron chi connectivity index (χ4n) is 4.01. The second kappa shape index (κ2) is 8.02. The SMILES string of the molecule is CC1=Nc2c(Cl)cc(-c3nc(N[C@@H]4CCN(S(C)(=O)=O)C[C@H]4O)ncc3F)cc2C1(C)C. The normalized spacial score (nSPS) is 23.0. The third-order valence-electron chi connectivity index (χ3n) is 6.27. The average Bonchev–Trinajstić information content (AvgIpc) is 2.94. The van der Waals surface area contributed by atoms with Gasteiger partial charge in [0, 0.05) is 29.8 Å². The van der Waals surface area contributed by atoms with Crippen LogP contribution in [0.5, 0.6) is 0 Å². The number of sulfonamides is 1. The molecule has 4 rings (SSSR count). The van der Waals surface area contributed by atoms with Crippen molar-refractivity contribution >= 4 is 39.0 Å². The van der Waals surface area contributed by atoms with E-state index < -0.39 is 28.0 Å². The van der Waals surface area contributed by atoms with Crippen molar-refractivity contribution in [3.63, 3.8) is 0 Å². The maximum atomic E-state index is 14.7. The predicted octanol–water partition coefficient (Wildman–Crippen LogP) is 3.13. The molecule has 11 heteroatoms. The molecule has 172 valence electrons. The highest BCUT2D eigenvalue weighted by Crippen LogP contribution is 2.46. The number of piperidine rings is 1. The van der Waals surface area contributed by atoms with Gasteiger partial charge >= 0.3 is 0 Å². The van der Waals surface area contributed by atoms with E-state index in [1.165, 1.54) is 4.31 Å². The molecule has 2 N–H and O–H groups in total. The van der Waals surface area contributed by atoms with E-state index in [1.807, 2.05) is 26.8 Å². The van der Waals surface area contributed by atoms with Crippen molar-refractivity contribution in [2.45, 2.75) is 44.8 Å². The molecule has 1 fully saturated rings. The Balaban J connectivity index is 1.62. The lowest BCUT2D eigenvalue weighted by Crippen LogP contribution is -2.51. The highest BCUT2D eigenvalue weighted by atomic mass is 35.5. The largest absolute Gasteiger partial charge is 0.390 e. The van der Waals surface area contributed by atoms with Gasteiger partial charge in [-0.15, -0.1) is 0 Å². The van der Waals surface area contributed by atoms with Crippen molar-refractivity contribution in [2.24, 2.45) is 4.99 Å². The second-order valence-corrected chi connectivity index (χ2v) is 11.2. The van der Waals surface area contributed by atoms with Crippen molar-refractivity contribution in [2.75, 3.05) is 24.7 Å². The molecule has 1 aromatic carbocycles. The van der Waals surface area contributed by atoms with E-state index >= 15 is 0 Å². The number of aromatic nitrogens is 2. The fourth-order valence-corrected chi connectivity index (χ4v) is 5.13. The minimum atomic E-state index is -3.38. The van der Waals surface area contributed by atoms with Crippen LogP contribution in [-0.4, -0.2) is 65.0 Å². The molecule has 32 heavy (non-hydrogen) atoms. The number of hydrogen-bond donors (Lipinski definition) is 2. The maximum Gasteiger partial charge on any atom is 0.223 e. The monoisotopic (exact) mass is 481 g/mol. The van der Waals surface area contributed by atoms with Gasteiger partial charge in [-0.2, -0.15) is 4.31 Å². The van der Waals surface area contributed by atoms with E-state index in [-0.39, 0.29) is 30.1 Å². The zero-order chi connectivity index (χ0) is 23.4. The van der Waals surface area contributed by atoms with Crippen LogP contribution in [0, 0.1) is 5.82 Å².